The second-order valence-electron chi connectivity index (χ2n) is 6.48. The van der Waals surface area contributed by atoms with E-state index in [1.165, 1.54) is 11.1 Å². The highest BCUT2D eigenvalue weighted by Crippen LogP contribution is 2.19. The number of nitrogens with two attached hydrogens (primary N) is 1. The highest BCUT2D eigenvalue weighted by Gasteiger charge is 2.19. The number of amides is 1. The lowest BCUT2D eigenvalue weighted by Crippen LogP contribution is -2.37. The summed E-state index contributed by atoms with van der Waals surface area (Å²) in [6.45, 7) is 7.18. The lowest BCUT2D eigenvalue weighted by Gasteiger charge is -2.29. The molecule has 0 saturated carbocycles. The van der Waals surface area contributed by atoms with E-state index in [0.29, 0.717) is 24.8 Å². The highest BCUT2D eigenvalue weighted by atomic mass is 127. The summed E-state index contributed by atoms with van der Waals surface area (Å²) in [7, 11) is 0. The maximum Gasteiger partial charge on any atom is 0.222 e. The van der Waals surface area contributed by atoms with Crippen LogP contribution in [0.15, 0.2) is 29.3 Å². The fourth-order valence-electron chi connectivity index (χ4n) is 2.66. The maximum atomic E-state index is 12.3. The number of carbonyl (C=O) groups is 1. The van der Waals surface area contributed by atoms with Gasteiger partial charge >= 0.3 is 0 Å². The predicted octanol–water partition coefficient (Wildman–Crippen LogP) is 2.53. The first-order valence-electron chi connectivity index (χ1n) is 8.44. The molecule has 0 saturated heterocycles. The molecular formula is C18H29IN4O. The van der Waals surface area contributed by atoms with Gasteiger partial charge in [-0.25, -0.2) is 0 Å². The number of benzene rings is 1. The first kappa shape index (κ1) is 20.7. The molecule has 134 valence electrons. The molecule has 24 heavy (non-hydrogen) atoms. The van der Waals surface area contributed by atoms with E-state index < -0.39 is 0 Å². The van der Waals surface area contributed by atoms with Crippen molar-refractivity contribution in [1.82, 2.24) is 10.2 Å². The Hall–Kier alpha value is -1.31. The summed E-state index contributed by atoms with van der Waals surface area (Å²) in [5, 5.41) is 3.07. The van der Waals surface area contributed by atoms with Crippen LogP contribution in [0.1, 0.15) is 37.8 Å². The van der Waals surface area contributed by atoms with Crippen LogP contribution in [0.2, 0.25) is 0 Å². The Morgan fingerprint density at radius 3 is 2.75 bits per heavy atom. The van der Waals surface area contributed by atoms with Crippen LogP contribution in [0.5, 0.6) is 0 Å². The molecule has 0 fully saturated rings. The number of fused-ring (bicyclic) bond motifs is 1. The van der Waals surface area contributed by atoms with Gasteiger partial charge in [-0.3, -0.25) is 9.79 Å². The third-order valence-corrected chi connectivity index (χ3v) is 3.98. The van der Waals surface area contributed by atoms with E-state index in [2.05, 4.69) is 42.4 Å². The standard InChI is InChI=1S/C18H28N4O.HI/c1-14(2)12-21-18(19)20-10-5-8-17(23)22-11-9-15-6-3-4-7-16(15)13-22;/h3-4,6-7,14H,5,8-13H2,1-2H3,(H3,19,20,21);1H. The first-order chi connectivity index (χ1) is 11.1. The number of nitrogens with one attached hydrogen (secondary N) is 1. The van der Waals surface area contributed by atoms with Gasteiger partial charge in [0.05, 0.1) is 0 Å². The Kier molecular flexibility index (Phi) is 9.10. The summed E-state index contributed by atoms with van der Waals surface area (Å²) in [6.07, 6.45) is 2.27. The lowest BCUT2D eigenvalue weighted by molar-refractivity contribution is -0.132. The largest absolute Gasteiger partial charge is 0.370 e. The molecule has 1 amide bonds. The van der Waals surface area contributed by atoms with Crippen molar-refractivity contribution in [2.75, 3.05) is 19.6 Å². The molecule has 1 aromatic rings. The van der Waals surface area contributed by atoms with Crippen LogP contribution in [-0.2, 0) is 17.8 Å². The van der Waals surface area contributed by atoms with Crippen LogP contribution >= 0.6 is 24.0 Å². The summed E-state index contributed by atoms with van der Waals surface area (Å²) in [4.78, 5) is 18.5. The quantitative estimate of drug-likeness (QED) is 0.307. The van der Waals surface area contributed by atoms with Gasteiger partial charge in [0.2, 0.25) is 5.91 Å². The Labute approximate surface area is 162 Å². The van der Waals surface area contributed by atoms with Gasteiger partial charge in [0.1, 0.15) is 0 Å². The number of hydrogen-bond donors (Lipinski definition) is 2. The van der Waals surface area contributed by atoms with E-state index in [1.54, 1.807) is 0 Å². The molecule has 2 rings (SSSR count). The Morgan fingerprint density at radius 1 is 1.33 bits per heavy atom. The molecule has 1 aromatic carbocycles. The van der Waals surface area contributed by atoms with Gasteiger partial charge in [-0.05, 0) is 29.9 Å². The number of hydrogen-bond acceptors (Lipinski definition) is 2. The second kappa shape index (κ2) is 10.5. The molecule has 0 aromatic heterocycles. The summed E-state index contributed by atoms with van der Waals surface area (Å²) in [5.41, 5.74) is 8.42. The minimum atomic E-state index is 0. The second-order valence-corrected chi connectivity index (χ2v) is 6.48. The lowest BCUT2D eigenvalue weighted by atomic mass is 9.99. The van der Waals surface area contributed by atoms with Crippen molar-refractivity contribution >= 4 is 35.8 Å². The van der Waals surface area contributed by atoms with Crippen LogP contribution in [0, 0.1) is 5.92 Å². The number of halogens is 1. The molecule has 0 atom stereocenters. The van der Waals surface area contributed by atoms with Crippen LogP contribution in [-0.4, -0.2) is 36.4 Å². The van der Waals surface area contributed by atoms with Gasteiger partial charge in [0.25, 0.3) is 0 Å². The third-order valence-electron chi connectivity index (χ3n) is 3.98. The number of aliphatic imine (C=N–C) groups is 1. The minimum Gasteiger partial charge on any atom is -0.370 e. The number of carbonyl (C=O) groups excluding carboxylic acids is 1. The summed E-state index contributed by atoms with van der Waals surface area (Å²) < 4.78 is 0. The molecule has 1 aliphatic rings. The molecule has 0 aliphatic carbocycles. The molecule has 0 bridgehead atoms. The van der Waals surface area contributed by atoms with Crippen molar-refractivity contribution < 1.29 is 4.79 Å². The average Bonchev–Trinajstić information content (AvgIpc) is 2.56. The third kappa shape index (κ3) is 6.67. The first-order valence-corrected chi connectivity index (χ1v) is 8.44. The number of rotatable bonds is 6. The minimum absolute atomic E-state index is 0. The van der Waals surface area contributed by atoms with Crippen LogP contribution in [0.25, 0.3) is 0 Å². The highest BCUT2D eigenvalue weighted by molar-refractivity contribution is 14.0. The summed E-state index contributed by atoms with van der Waals surface area (Å²) in [5.74, 6) is 1.19. The Morgan fingerprint density at radius 2 is 2.04 bits per heavy atom. The smallest absolute Gasteiger partial charge is 0.222 e. The predicted molar refractivity (Wildman–Crippen MR) is 110 cm³/mol. The zero-order chi connectivity index (χ0) is 16.7. The van der Waals surface area contributed by atoms with Gasteiger partial charge in [-0.2, -0.15) is 0 Å². The molecule has 3 N–H and O–H groups in total. The normalized spacial score (nSPS) is 14.1. The fourth-order valence-corrected chi connectivity index (χ4v) is 2.66. The monoisotopic (exact) mass is 444 g/mol. The van der Waals surface area contributed by atoms with E-state index in [4.69, 9.17) is 5.73 Å². The van der Waals surface area contributed by atoms with Crippen molar-refractivity contribution in [2.45, 2.75) is 39.7 Å². The van der Waals surface area contributed by atoms with Crippen LogP contribution in [0.4, 0.5) is 0 Å². The number of guanidine groups is 1. The summed E-state index contributed by atoms with van der Waals surface area (Å²) in [6, 6.07) is 8.37. The van der Waals surface area contributed by atoms with Crippen molar-refractivity contribution in [3.05, 3.63) is 35.4 Å². The molecule has 1 aliphatic heterocycles. The molecular weight excluding hydrogens is 415 g/mol. The van der Waals surface area contributed by atoms with Gasteiger partial charge in [0.15, 0.2) is 5.96 Å². The topological polar surface area (TPSA) is 70.7 Å². The SMILES string of the molecule is CC(C)CN=C(N)NCCCC(=O)N1CCc2ccccc2C1.I. The van der Waals surface area contributed by atoms with Crippen molar-refractivity contribution in [1.29, 1.82) is 0 Å². The van der Waals surface area contributed by atoms with Gasteiger partial charge in [-0.1, -0.05) is 38.1 Å². The van der Waals surface area contributed by atoms with E-state index in [9.17, 15) is 4.79 Å². The van der Waals surface area contributed by atoms with Gasteiger partial charge in [-0.15, -0.1) is 24.0 Å². The summed E-state index contributed by atoms with van der Waals surface area (Å²) >= 11 is 0. The van der Waals surface area contributed by atoms with Crippen molar-refractivity contribution in [3.63, 3.8) is 0 Å². The van der Waals surface area contributed by atoms with E-state index in [-0.39, 0.29) is 29.9 Å². The number of nitrogens with zero attached hydrogens (tertiary/aromatic N) is 2. The van der Waals surface area contributed by atoms with Crippen LogP contribution < -0.4 is 11.1 Å². The molecule has 0 spiro atoms. The fraction of sp³-hybridized carbons (Fsp3) is 0.556. The maximum absolute atomic E-state index is 12.3. The van der Waals surface area contributed by atoms with Crippen molar-refractivity contribution in [2.24, 2.45) is 16.6 Å². The molecule has 0 unspecified atom stereocenters. The molecule has 5 nitrogen and oxygen atoms in total. The average molecular weight is 444 g/mol. The Balaban J connectivity index is 0.00000288. The van der Waals surface area contributed by atoms with E-state index >= 15 is 0 Å². The molecule has 1 heterocycles. The van der Waals surface area contributed by atoms with Gasteiger partial charge < -0.3 is 16.0 Å². The van der Waals surface area contributed by atoms with E-state index in [1.807, 2.05) is 11.0 Å². The molecule has 6 heteroatoms. The Bertz CT molecular complexity index is 560. The van der Waals surface area contributed by atoms with E-state index in [0.717, 1.165) is 32.5 Å². The van der Waals surface area contributed by atoms with Crippen LogP contribution in [0.3, 0.4) is 0 Å². The molecule has 0 radical (unpaired) electrons. The zero-order valence-electron chi connectivity index (χ0n) is 14.6. The van der Waals surface area contributed by atoms with Gasteiger partial charge in [0, 0.05) is 32.6 Å². The van der Waals surface area contributed by atoms with Crippen molar-refractivity contribution in [3.8, 4) is 0 Å². The zero-order valence-corrected chi connectivity index (χ0v) is 17.0.